The summed E-state index contributed by atoms with van der Waals surface area (Å²) in [7, 11) is 3.29. The van der Waals surface area contributed by atoms with E-state index in [0.717, 1.165) is 61.6 Å². The average molecular weight is 493 g/mol. The molecule has 1 saturated heterocycles. The van der Waals surface area contributed by atoms with Crippen LogP contribution in [0.4, 0.5) is 10.1 Å². The first-order valence-electron chi connectivity index (χ1n) is 12.4. The van der Waals surface area contributed by atoms with E-state index in [0.29, 0.717) is 30.7 Å². The molecule has 2 aliphatic heterocycles. The van der Waals surface area contributed by atoms with Crippen LogP contribution in [0.15, 0.2) is 60.7 Å². The van der Waals surface area contributed by atoms with Crippen molar-refractivity contribution in [2.45, 2.75) is 38.6 Å². The Morgan fingerprint density at radius 2 is 1.67 bits per heavy atom. The molecule has 0 unspecified atom stereocenters. The van der Waals surface area contributed by atoms with Gasteiger partial charge in [0.1, 0.15) is 6.61 Å². The van der Waals surface area contributed by atoms with Crippen LogP contribution < -0.4 is 19.1 Å². The maximum atomic E-state index is 15.2. The Hall–Kier alpha value is -3.29. The van der Waals surface area contributed by atoms with E-state index < -0.39 is 0 Å². The van der Waals surface area contributed by atoms with E-state index in [1.165, 1.54) is 0 Å². The van der Waals surface area contributed by atoms with Crippen molar-refractivity contribution >= 4 is 5.69 Å². The number of methoxy groups -OCH3 is 2. The van der Waals surface area contributed by atoms with Crippen molar-refractivity contribution in [1.29, 1.82) is 0 Å². The second-order valence-corrected chi connectivity index (χ2v) is 9.32. The van der Waals surface area contributed by atoms with E-state index in [2.05, 4.69) is 15.9 Å². The minimum Gasteiger partial charge on any atom is -0.493 e. The smallest absolute Gasteiger partial charge is 0.167 e. The minimum atomic E-state index is -0.324. The zero-order chi connectivity index (χ0) is 24.9. The zero-order valence-corrected chi connectivity index (χ0v) is 20.9. The van der Waals surface area contributed by atoms with Gasteiger partial charge in [-0.05, 0) is 47.7 Å². The summed E-state index contributed by atoms with van der Waals surface area (Å²) < 4.78 is 37.6. The Morgan fingerprint density at radius 1 is 0.889 bits per heavy atom. The maximum absolute atomic E-state index is 15.2. The van der Waals surface area contributed by atoms with Gasteiger partial charge in [0.15, 0.2) is 23.1 Å². The van der Waals surface area contributed by atoms with Gasteiger partial charge in [-0.2, -0.15) is 0 Å². The highest BCUT2D eigenvalue weighted by Crippen LogP contribution is 2.37. The van der Waals surface area contributed by atoms with Gasteiger partial charge in [0.25, 0.3) is 0 Å². The molecule has 0 amide bonds. The molecule has 0 aromatic heterocycles. The number of hydrogen-bond donors (Lipinski definition) is 0. The van der Waals surface area contributed by atoms with E-state index in [1.807, 2.05) is 48.5 Å². The molecule has 0 N–H and O–H groups in total. The van der Waals surface area contributed by atoms with Gasteiger partial charge in [-0.3, -0.25) is 4.90 Å². The first-order valence-corrected chi connectivity index (χ1v) is 12.4. The van der Waals surface area contributed by atoms with Gasteiger partial charge in [0.2, 0.25) is 0 Å². The lowest BCUT2D eigenvalue weighted by atomic mass is 10.0. The quantitative estimate of drug-likeness (QED) is 0.421. The summed E-state index contributed by atoms with van der Waals surface area (Å²) in [6.45, 7) is 3.94. The molecule has 1 fully saturated rings. The molecule has 7 heteroatoms. The normalized spacial score (nSPS) is 16.5. The molecule has 5 rings (SSSR count). The van der Waals surface area contributed by atoms with Crippen molar-refractivity contribution in [2.75, 3.05) is 39.0 Å². The van der Waals surface area contributed by atoms with Crippen molar-refractivity contribution in [1.82, 2.24) is 4.90 Å². The van der Waals surface area contributed by atoms with Gasteiger partial charge in [0.05, 0.1) is 20.9 Å². The molecule has 0 aliphatic carbocycles. The molecule has 6 nitrogen and oxygen atoms in total. The Morgan fingerprint density at radius 3 is 2.42 bits per heavy atom. The average Bonchev–Trinajstić information content (AvgIpc) is 2.92. The summed E-state index contributed by atoms with van der Waals surface area (Å²) in [5.41, 5.74) is 4.16. The summed E-state index contributed by atoms with van der Waals surface area (Å²) in [5, 5.41) is 0. The fourth-order valence-electron chi connectivity index (χ4n) is 5.06. The second-order valence-electron chi connectivity index (χ2n) is 9.32. The summed E-state index contributed by atoms with van der Waals surface area (Å²) in [4.78, 5) is 4.71. The Kier molecular flexibility index (Phi) is 7.58. The standard InChI is InChI=1S/C29H33FN2O4/c1-33-27-9-8-22(14-29(27)34-2)17-31-18-23-15-28(36-19-21-6-4-3-5-7-21)25(30)16-26(23)32(20-31)24-10-12-35-13-11-24/h3-9,14-16,24H,10-13,17-20H2,1-2H3. The van der Waals surface area contributed by atoms with Crippen LogP contribution in [-0.4, -0.2) is 45.0 Å². The van der Waals surface area contributed by atoms with Gasteiger partial charge in [-0.15, -0.1) is 0 Å². The number of nitrogens with zero attached hydrogens (tertiary/aromatic N) is 2. The third-order valence-electron chi connectivity index (χ3n) is 6.91. The summed E-state index contributed by atoms with van der Waals surface area (Å²) in [6.07, 6.45) is 1.86. The Balaban J connectivity index is 1.41. The van der Waals surface area contributed by atoms with Crippen LogP contribution in [0.25, 0.3) is 0 Å². The number of hydrogen-bond acceptors (Lipinski definition) is 6. The SMILES string of the molecule is COc1ccc(CN2Cc3cc(OCc4ccccc4)c(F)cc3N(C3CCOCC3)C2)cc1OC. The van der Waals surface area contributed by atoms with Crippen molar-refractivity contribution in [3.63, 3.8) is 0 Å². The van der Waals surface area contributed by atoms with E-state index >= 15 is 4.39 Å². The lowest BCUT2D eigenvalue weighted by molar-refractivity contribution is 0.0792. The molecule has 0 saturated carbocycles. The van der Waals surface area contributed by atoms with Crippen LogP contribution in [0.2, 0.25) is 0 Å². The van der Waals surface area contributed by atoms with Crippen molar-refractivity contribution in [3.8, 4) is 17.2 Å². The van der Waals surface area contributed by atoms with Gasteiger partial charge < -0.3 is 23.8 Å². The highest BCUT2D eigenvalue weighted by atomic mass is 19.1. The fourth-order valence-corrected chi connectivity index (χ4v) is 5.06. The molecule has 190 valence electrons. The lowest BCUT2D eigenvalue weighted by Crippen LogP contribution is -2.49. The van der Waals surface area contributed by atoms with Crippen LogP contribution in [0, 0.1) is 5.82 Å². The predicted octanol–water partition coefficient (Wildman–Crippen LogP) is 5.38. The minimum absolute atomic E-state index is 0.289. The van der Waals surface area contributed by atoms with Gasteiger partial charge in [0, 0.05) is 44.1 Å². The largest absolute Gasteiger partial charge is 0.493 e. The van der Waals surface area contributed by atoms with Gasteiger partial charge in [-0.1, -0.05) is 36.4 Å². The van der Waals surface area contributed by atoms with Crippen LogP contribution in [0.5, 0.6) is 17.2 Å². The molecule has 3 aromatic rings. The molecule has 0 atom stereocenters. The summed E-state index contributed by atoms with van der Waals surface area (Å²) in [5.74, 6) is 1.39. The second kappa shape index (κ2) is 11.2. The molecule has 2 heterocycles. The molecule has 36 heavy (non-hydrogen) atoms. The fraction of sp³-hybridized carbons (Fsp3) is 0.379. The maximum Gasteiger partial charge on any atom is 0.167 e. The number of halogens is 1. The topological polar surface area (TPSA) is 43.4 Å². The summed E-state index contributed by atoms with van der Waals surface area (Å²) >= 11 is 0. The lowest BCUT2D eigenvalue weighted by Gasteiger charge is -2.44. The van der Waals surface area contributed by atoms with Crippen LogP contribution in [0.3, 0.4) is 0 Å². The third kappa shape index (κ3) is 5.42. The zero-order valence-electron chi connectivity index (χ0n) is 20.9. The number of ether oxygens (including phenoxy) is 4. The van der Waals surface area contributed by atoms with Crippen molar-refractivity contribution in [3.05, 3.63) is 83.2 Å². The number of anilines is 1. The van der Waals surface area contributed by atoms with Gasteiger partial charge >= 0.3 is 0 Å². The first-order chi connectivity index (χ1) is 17.6. The predicted molar refractivity (Wildman–Crippen MR) is 137 cm³/mol. The molecule has 0 spiro atoms. The number of benzene rings is 3. The van der Waals surface area contributed by atoms with Crippen LogP contribution in [0.1, 0.15) is 29.5 Å². The summed E-state index contributed by atoms with van der Waals surface area (Å²) in [6, 6.07) is 19.7. The van der Waals surface area contributed by atoms with Crippen molar-refractivity contribution in [2.24, 2.45) is 0 Å². The van der Waals surface area contributed by atoms with Crippen LogP contribution in [-0.2, 0) is 24.4 Å². The molecule has 0 radical (unpaired) electrons. The molecular formula is C29H33FN2O4. The first kappa shape index (κ1) is 24.4. The van der Waals surface area contributed by atoms with E-state index in [1.54, 1.807) is 20.3 Å². The third-order valence-corrected chi connectivity index (χ3v) is 6.91. The highest BCUT2D eigenvalue weighted by Gasteiger charge is 2.31. The van der Waals surface area contributed by atoms with E-state index in [-0.39, 0.29) is 11.6 Å². The number of fused-ring (bicyclic) bond motifs is 1. The molecule has 0 bridgehead atoms. The Labute approximate surface area is 212 Å². The van der Waals surface area contributed by atoms with E-state index in [4.69, 9.17) is 18.9 Å². The molecule has 2 aliphatic rings. The van der Waals surface area contributed by atoms with Gasteiger partial charge in [-0.25, -0.2) is 4.39 Å². The number of rotatable bonds is 8. The highest BCUT2D eigenvalue weighted by molar-refractivity contribution is 5.59. The Bertz CT molecular complexity index is 1170. The molecule has 3 aromatic carbocycles. The van der Waals surface area contributed by atoms with Crippen LogP contribution >= 0.6 is 0 Å². The van der Waals surface area contributed by atoms with Crippen molar-refractivity contribution < 1.29 is 23.3 Å². The monoisotopic (exact) mass is 492 g/mol. The molecular weight excluding hydrogens is 459 g/mol. The van der Waals surface area contributed by atoms with E-state index in [9.17, 15) is 0 Å².